The van der Waals surface area contributed by atoms with Gasteiger partial charge in [-0.1, -0.05) is 52.7 Å². The van der Waals surface area contributed by atoms with Crippen molar-refractivity contribution in [1.82, 2.24) is 10.1 Å². The molecule has 0 saturated carbocycles. The topological polar surface area (TPSA) is 48.2 Å². The summed E-state index contributed by atoms with van der Waals surface area (Å²) < 4.78 is 11.1. The van der Waals surface area contributed by atoms with Crippen LogP contribution in [0.2, 0.25) is 5.02 Å². The summed E-state index contributed by atoms with van der Waals surface area (Å²) in [6.07, 6.45) is -0.356. The molecule has 0 amide bonds. The Bertz CT molecular complexity index is 768. The molecule has 3 rings (SSSR count). The van der Waals surface area contributed by atoms with Crippen LogP contribution in [0.3, 0.4) is 0 Å². The Balaban J connectivity index is 1.76. The highest BCUT2D eigenvalue weighted by Crippen LogP contribution is 2.25. The van der Waals surface area contributed by atoms with Gasteiger partial charge in [-0.15, -0.1) is 0 Å². The summed E-state index contributed by atoms with van der Waals surface area (Å²) in [6, 6.07) is 15.2. The van der Waals surface area contributed by atoms with Crippen molar-refractivity contribution in [3.05, 3.63) is 65.0 Å². The maximum atomic E-state index is 5.94. The number of rotatable bonds is 4. The molecule has 5 heteroatoms. The van der Waals surface area contributed by atoms with Crippen molar-refractivity contribution in [2.24, 2.45) is 0 Å². The molecule has 0 aliphatic heterocycles. The number of aromatic nitrogens is 2. The Kier molecular flexibility index (Phi) is 4.11. The Hall–Kier alpha value is -2.33. The number of hydrogen-bond donors (Lipinski definition) is 0. The van der Waals surface area contributed by atoms with E-state index in [4.69, 9.17) is 20.9 Å². The van der Waals surface area contributed by atoms with Gasteiger partial charge >= 0.3 is 0 Å². The first-order valence-corrected chi connectivity index (χ1v) is 7.32. The fourth-order valence-corrected chi connectivity index (χ4v) is 2.20. The maximum Gasteiger partial charge on any atom is 0.267 e. The van der Waals surface area contributed by atoms with E-state index in [0.717, 1.165) is 5.56 Å². The summed E-state index contributed by atoms with van der Waals surface area (Å²) in [5.74, 6) is 1.64. The third kappa shape index (κ3) is 3.28. The molecular weight excluding hydrogens is 300 g/mol. The minimum absolute atomic E-state index is 0.356. The van der Waals surface area contributed by atoms with Crippen LogP contribution in [-0.4, -0.2) is 10.1 Å². The highest BCUT2D eigenvalue weighted by Gasteiger charge is 2.17. The fourth-order valence-electron chi connectivity index (χ4n) is 2.02. The average molecular weight is 315 g/mol. The summed E-state index contributed by atoms with van der Waals surface area (Å²) in [4.78, 5) is 4.39. The van der Waals surface area contributed by atoms with Crippen LogP contribution in [0.1, 0.15) is 24.5 Å². The molecule has 0 radical (unpaired) electrons. The smallest absolute Gasteiger partial charge is 0.267 e. The van der Waals surface area contributed by atoms with E-state index in [1.807, 2.05) is 50.2 Å². The molecular formula is C17H15ClN2O2. The number of ether oxygens (including phenoxy) is 1. The van der Waals surface area contributed by atoms with Crippen molar-refractivity contribution < 1.29 is 9.26 Å². The third-order valence-corrected chi connectivity index (χ3v) is 3.44. The number of nitrogens with zero attached hydrogens (tertiary/aromatic N) is 2. The number of benzene rings is 2. The average Bonchev–Trinajstić information content (AvgIpc) is 2.98. The second-order valence-corrected chi connectivity index (χ2v) is 5.48. The summed E-state index contributed by atoms with van der Waals surface area (Å²) in [7, 11) is 0. The van der Waals surface area contributed by atoms with Crippen molar-refractivity contribution in [1.29, 1.82) is 0 Å². The number of halogens is 1. The molecule has 1 heterocycles. The van der Waals surface area contributed by atoms with Crippen LogP contribution in [0.5, 0.6) is 5.75 Å². The van der Waals surface area contributed by atoms with E-state index >= 15 is 0 Å². The lowest BCUT2D eigenvalue weighted by Gasteiger charge is -2.10. The largest absolute Gasteiger partial charge is 0.481 e. The molecule has 0 spiro atoms. The molecule has 1 aromatic heterocycles. The van der Waals surface area contributed by atoms with Gasteiger partial charge in [-0.2, -0.15) is 4.98 Å². The highest BCUT2D eigenvalue weighted by atomic mass is 35.5. The van der Waals surface area contributed by atoms with Gasteiger partial charge in [0.15, 0.2) is 6.10 Å². The molecule has 0 aliphatic carbocycles. The Morgan fingerprint density at radius 1 is 1.14 bits per heavy atom. The van der Waals surface area contributed by atoms with Crippen molar-refractivity contribution >= 4 is 11.6 Å². The lowest BCUT2D eigenvalue weighted by atomic mass is 10.1. The van der Waals surface area contributed by atoms with Gasteiger partial charge in [-0.05, 0) is 32.0 Å². The first-order chi connectivity index (χ1) is 10.6. The van der Waals surface area contributed by atoms with E-state index in [1.165, 1.54) is 5.56 Å². The Morgan fingerprint density at radius 2 is 1.91 bits per heavy atom. The van der Waals surface area contributed by atoms with Crippen molar-refractivity contribution in [3.63, 3.8) is 0 Å². The van der Waals surface area contributed by atoms with Gasteiger partial charge in [0.2, 0.25) is 5.82 Å². The number of hydrogen-bond acceptors (Lipinski definition) is 4. The molecule has 112 valence electrons. The van der Waals surface area contributed by atoms with Gasteiger partial charge in [0.05, 0.1) is 0 Å². The van der Waals surface area contributed by atoms with Gasteiger partial charge < -0.3 is 9.26 Å². The molecule has 22 heavy (non-hydrogen) atoms. The van der Waals surface area contributed by atoms with Gasteiger partial charge in [0.1, 0.15) is 5.75 Å². The molecule has 0 bridgehead atoms. The minimum Gasteiger partial charge on any atom is -0.481 e. The Morgan fingerprint density at radius 3 is 2.64 bits per heavy atom. The first-order valence-electron chi connectivity index (χ1n) is 6.95. The standard InChI is InChI=1S/C17H15ClN2O2/c1-11-6-8-13(9-7-11)16-19-17(22-20-16)12(2)21-15-5-3-4-14(18)10-15/h3-10,12H,1-2H3/t12-/m0/s1. The zero-order valence-electron chi connectivity index (χ0n) is 12.3. The summed E-state index contributed by atoms with van der Waals surface area (Å²) in [5.41, 5.74) is 2.10. The lowest BCUT2D eigenvalue weighted by Crippen LogP contribution is -2.03. The van der Waals surface area contributed by atoms with Gasteiger partial charge in [0.25, 0.3) is 5.89 Å². The van der Waals surface area contributed by atoms with E-state index in [-0.39, 0.29) is 6.10 Å². The van der Waals surface area contributed by atoms with Crippen LogP contribution in [0.15, 0.2) is 53.1 Å². The molecule has 0 N–H and O–H groups in total. The predicted octanol–water partition coefficient (Wildman–Crippen LogP) is 4.84. The zero-order chi connectivity index (χ0) is 15.5. The number of aryl methyl sites for hydroxylation is 1. The molecule has 2 aromatic carbocycles. The van der Waals surface area contributed by atoms with Crippen LogP contribution in [0, 0.1) is 6.92 Å². The SMILES string of the molecule is Cc1ccc(-c2noc([C@H](C)Oc3cccc(Cl)c3)n2)cc1. The molecule has 0 unspecified atom stereocenters. The molecule has 4 nitrogen and oxygen atoms in total. The van der Waals surface area contributed by atoms with Gasteiger partial charge in [-0.25, -0.2) is 0 Å². The monoisotopic (exact) mass is 314 g/mol. The highest BCUT2D eigenvalue weighted by molar-refractivity contribution is 6.30. The normalized spacial score (nSPS) is 12.1. The van der Waals surface area contributed by atoms with E-state index in [9.17, 15) is 0 Å². The molecule has 0 saturated heterocycles. The lowest BCUT2D eigenvalue weighted by molar-refractivity contribution is 0.176. The third-order valence-electron chi connectivity index (χ3n) is 3.21. The van der Waals surface area contributed by atoms with Crippen LogP contribution in [-0.2, 0) is 0 Å². The van der Waals surface area contributed by atoms with Crippen LogP contribution >= 0.6 is 11.6 Å². The minimum atomic E-state index is -0.356. The van der Waals surface area contributed by atoms with E-state index in [0.29, 0.717) is 22.5 Å². The second kappa shape index (κ2) is 6.20. The molecule has 3 aromatic rings. The van der Waals surface area contributed by atoms with E-state index < -0.39 is 0 Å². The van der Waals surface area contributed by atoms with Crippen molar-refractivity contribution in [2.75, 3.05) is 0 Å². The van der Waals surface area contributed by atoms with Crippen molar-refractivity contribution in [2.45, 2.75) is 20.0 Å². The van der Waals surface area contributed by atoms with Crippen LogP contribution in [0.25, 0.3) is 11.4 Å². The van der Waals surface area contributed by atoms with Crippen LogP contribution in [0.4, 0.5) is 0 Å². The van der Waals surface area contributed by atoms with E-state index in [1.54, 1.807) is 12.1 Å². The first kappa shape index (κ1) is 14.6. The Labute approximate surface area is 133 Å². The summed E-state index contributed by atoms with van der Waals surface area (Å²) in [5, 5.41) is 4.63. The quantitative estimate of drug-likeness (QED) is 0.691. The molecule has 0 fully saturated rings. The zero-order valence-corrected chi connectivity index (χ0v) is 13.0. The van der Waals surface area contributed by atoms with Gasteiger partial charge in [0, 0.05) is 10.6 Å². The van der Waals surface area contributed by atoms with E-state index in [2.05, 4.69) is 10.1 Å². The van der Waals surface area contributed by atoms with Crippen molar-refractivity contribution in [3.8, 4) is 17.1 Å². The fraction of sp³-hybridized carbons (Fsp3) is 0.176. The molecule has 1 atom stereocenters. The summed E-state index contributed by atoms with van der Waals surface area (Å²) in [6.45, 7) is 3.89. The molecule has 0 aliphatic rings. The second-order valence-electron chi connectivity index (χ2n) is 5.04. The van der Waals surface area contributed by atoms with Crippen LogP contribution < -0.4 is 4.74 Å². The maximum absolute atomic E-state index is 5.94. The van der Waals surface area contributed by atoms with Gasteiger partial charge in [-0.3, -0.25) is 0 Å². The summed E-state index contributed by atoms with van der Waals surface area (Å²) >= 11 is 5.94. The predicted molar refractivity (Wildman–Crippen MR) is 85.0 cm³/mol.